The first-order chi connectivity index (χ1) is 12.7. The lowest BCUT2D eigenvalue weighted by molar-refractivity contribution is -0.0154. The summed E-state index contributed by atoms with van der Waals surface area (Å²) >= 11 is 0. The second kappa shape index (κ2) is 7.21. The number of aromatic nitrogens is 3. The van der Waals surface area contributed by atoms with E-state index in [4.69, 9.17) is 9.26 Å². The lowest BCUT2D eigenvalue weighted by Crippen LogP contribution is -2.43. The number of hydrogen-bond acceptors (Lipinski definition) is 6. The molecule has 3 heterocycles. The van der Waals surface area contributed by atoms with Crippen molar-refractivity contribution in [3.05, 3.63) is 53.9 Å². The standard InChI is InChI=1S/C19H20N4O3/c1-13-21-17(26-22-13)12-25-15-6-4-10-23(11-15)19(24)18-16-7-3-2-5-14(16)8-9-20-18/h2-3,5,7-9,15H,4,6,10-12H2,1H3. The molecule has 3 aromatic rings. The fraction of sp³-hybridized carbons (Fsp3) is 0.368. The van der Waals surface area contributed by atoms with Crippen molar-refractivity contribution in [3.63, 3.8) is 0 Å². The average Bonchev–Trinajstić information content (AvgIpc) is 3.11. The summed E-state index contributed by atoms with van der Waals surface area (Å²) < 4.78 is 10.9. The first-order valence-corrected chi connectivity index (χ1v) is 8.74. The molecule has 26 heavy (non-hydrogen) atoms. The molecular weight excluding hydrogens is 332 g/mol. The fourth-order valence-corrected chi connectivity index (χ4v) is 3.29. The van der Waals surface area contributed by atoms with Gasteiger partial charge >= 0.3 is 0 Å². The Morgan fingerprint density at radius 3 is 3.08 bits per heavy atom. The van der Waals surface area contributed by atoms with Crippen LogP contribution >= 0.6 is 0 Å². The molecule has 2 aromatic heterocycles. The van der Waals surface area contributed by atoms with Gasteiger partial charge in [-0.05, 0) is 31.2 Å². The van der Waals surface area contributed by atoms with Gasteiger partial charge in [0.1, 0.15) is 12.3 Å². The number of aryl methyl sites for hydroxylation is 1. The number of rotatable bonds is 4. The maximum Gasteiger partial charge on any atom is 0.273 e. The lowest BCUT2D eigenvalue weighted by Gasteiger charge is -2.32. The second-order valence-corrected chi connectivity index (χ2v) is 6.44. The largest absolute Gasteiger partial charge is 0.367 e. The maximum atomic E-state index is 13.0. The molecule has 1 aliphatic rings. The molecular formula is C19H20N4O3. The van der Waals surface area contributed by atoms with Gasteiger partial charge < -0.3 is 14.2 Å². The Morgan fingerprint density at radius 2 is 2.23 bits per heavy atom. The first kappa shape index (κ1) is 16.7. The summed E-state index contributed by atoms with van der Waals surface area (Å²) in [6.07, 6.45) is 3.44. The van der Waals surface area contributed by atoms with Crippen molar-refractivity contribution in [2.75, 3.05) is 13.1 Å². The molecule has 0 spiro atoms. The number of ether oxygens (including phenoxy) is 1. The topological polar surface area (TPSA) is 81.4 Å². The molecule has 1 amide bonds. The molecule has 0 aliphatic carbocycles. The summed E-state index contributed by atoms with van der Waals surface area (Å²) in [5.74, 6) is 0.997. The third-order valence-corrected chi connectivity index (χ3v) is 4.55. The first-order valence-electron chi connectivity index (χ1n) is 8.74. The third kappa shape index (κ3) is 3.43. The Morgan fingerprint density at radius 1 is 1.35 bits per heavy atom. The van der Waals surface area contributed by atoms with E-state index in [1.165, 1.54) is 0 Å². The monoisotopic (exact) mass is 352 g/mol. The molecule has 1 saturated heterocycles. The van der Waals surface area contributed by atoms with Crippen LogP contribution in [0.15, 0.2) is 41.1 Å². The molecule has 1 atom stereocenters. The van der Waals surface area contributed by atoms with Crippen LogP contribution in [-0.2, 0) is 11.3 Å². The summed E-state index contributed by atoms with van der Waals surface area (Å²) in [6, 6.07) is 9.73. The number of amides is 1. The minimum absolute atomic E-state index is 0.0464. The van der Waals surface area contributed by atoms with Crippen LogP contribution < -0.4 is 0 Å². The number of carbonyl (C=O) groups excluding carboxylic acids is 1. The van der Waals surface area contributed by atoms with E-state index < -0.39 is 0 Å². The van der Waals surface area contributed by atoms with E-state index in [0.717, 1.165) is 23.6 Å². The number of pyridine rings is 1. The smallest absolute Gasteiger partial charge is 0.273 e. The number of hydrogen-bond donors (Lipinski definition) is 0. The molecule has 7 nitrogen and oxygen atoms in total. The zero-order valence-electron chi connectivity index (χ0n) is 14.6. The van der Waals surface area contributed by atoms with Crippen molar-refractivity contribution in [1.29, 1.82) is 0 Å². The van der Waals surface area contributed by atoms with Crippen molar-refractivity contribution in [2.24, 2.45) is 0 Å². The molecule has 0 N–H and O–H groups in total. The van der Waals surface area contributed by atoms with Gasteiger partial charge in [-0.1, -0.05) is 29.4 Å². The van der Waals surface area contributed by atoms with E-state index in [1.54, 1.807) is 13.1 Å². The van der Waals surface area contributed by atoms with Gasteiger partial charge in [0.2, 0.25) is 0 Å². The zero-order valence-corrected chi connectivity index (χ0v) is 14.6. The highest BCUT2D eigenvalue weighted by atomic mass is 16.5. The van der Waals surface area contributed by atoms with Crippen molar-refractivity contribution < 1.29 is 14.1 Å². The summed E-state index contributed by atoms with van der Waals surface area (Å²) in [5, 5.41) is 5.65. The molecule has 0 saturated carbocycles. The van der Waals surface area contributed by atoms with Gasteiger partial charge in [-0.25, -0.2) is 0 Å². The number of piperidine rings is 1. The highest BCUT2D eigenvalue weighted by Gasteiger charge is 2.27. The molecule has 1 aromatic carbocycles. The van der Waals surface area contributed by atoms with E-state index in [1.807, 2.05) is 35.2 Å². The Hall–Kier alpha value is -2.80. The minimum atomic E-state index is -0.0521. The minimum Gasteiger partial charge on any atom is -0.367 e. The van der Waals surface area contributed by atoms with Crippen LogP contribution in [0.2, 0.25) is 0 Å². The Bertz CT molecular complexity index is 919. The van der Waals surface area contributed by atoms with Gasteiger partial charge in [-0.3, -0.25) is 9.78 Å². The zero-order chi connectivity index (χ0) is 17.9. The summed E-state index contributed by atoms with van der Waals surface area (Å²) in [4.78, 5) is 23.3. The number of likely N-dealkylation sites (tertiary alicyclic amines) is 1. The van der Waals surface area contributed by atoms with Crippen molar-refractivity contribution in [3.8, 4) is 0 Å². The Balaban J connectivity index is 1.46. The third-order valence-electron chi connectivity index (χ3n) is 4.55. The highest BCUT2D eigenvalue weighted by Crippen LogP contribution is 2.21. The molecule has 1 fully saturated rings. The van der Waals surface area contributed by atoms with Gasteiger partial charge in [-0.2, -0.15) is 4.98 Å². The maximum absolute atomic E-state index is 13.0. The molecule has 1 aliphatic heterocycles. The summed E-state index contributed by atoms with van der Waals surface area (Å²) in [5.41, 5.74) is 0.497. The van der Waals surface area contributed by atoms with Crippen LogP contribution in [0, 0.1) is 6.92 Å². The number of fused-ring (bicyclic) bond motifs is 1. The molecule has 7 heteroatoms. The van der Waals surface area contributed by atoms with Crippen LogP contribution in [0.5, 0.6) is 0 Å². The summed E-state index contributed by atoms with van der Waals surface area (Å²) in [6.45, 7) is 3.28. The predicted molar refractivity (Wildman–Crippen MR) is 94.5 cm³/mol. The van der Waals surface area contributed by atoms with Gasteiger partial charge in [0.25, 0.3) is 11.8 Å². The SMILES string of the molecule is Cc1noc(COC2CCCN(C(=O)c3nccc4ccccc34)C2)n1. The average molecular weight is 352 g/mol. The van der Waals surface area contributed by atoms with E-state index in [0.29, 0.717) is 30.5 Å². The second-order valence-electron chi connectivity index (χ2n) is 6.44. The van der Waals surface area contributed by atoms with Crippen molar-refractivity contribution >= 4 is 16.7 Å². The van der Waals surface area contributed by atoms with Crippen LogP contribution in [-0.4, -0.2) is 45.1 Å². The van der Waals surface area contributed by atoms with Crippen LogP contribution in [0.4, 0.5) is 0 Å². The van der Waals surface area contributed by atoms with Crippen molar-refractivity contribution in [1.82, 2.24) is 20.0 Å². The quantitative estimate of drug-likeness (QED) is 0.718. The molecule has 0 bridgehead atoms. The normalized spacial score (nSPS) is 17.6. The lowest BCUT2D eigenvalue weighted by atomic mass is 10.1. The van der Waals surface area contributed by atoms with Crippen molar-refractivity contribution in [2.45, 2.75) is 32.5 Å². The summed E-state index contributed by atoms with van der Waals surface area (Å²) in [7, 11) is 0. The Kier molecular flexibility index (Phi) is 4.62. The van der Waals surface area contributed by atoms with Gasteiger partial charge in [0, 0.05) is 24.7 Å². The van der Waals surface area contributed by atoms with Crippen LogP contribution in [0.25, 0.3) is 10.8 Å². The van der Waals surface area contributed by atoms with Crippen LogP contribution in [0.1, 0.15) is 35.0 Å². The molecule has 0 radical (unpaired) electrons. The molecule has 134 valence electrons. The highest BCUT2D eigenvalue weighted by molar-refractivity contribution is 6.05. The van der Waals surface area contributed by atoms with E-state index in [9.17, 15) is 4.79 Å². The number of carbonyl (C=O) groups is 1. The van der Waals surface area contributed by atoms with Gasteiger partial charge in [0.15, 0.2) is 5.82 Å². The van der Waals surface area contributed by atoms with Gasteiger partial charge in [0.05, 0.1) is 6.10 Å². The fourth-order valence-electron chi connectivity index (χ4n) is 3.29. The van der Waals surface area contributed by atoms with E-state index in [-0.39, 0.29) is 18.6 Å². The molecule has 1 unspecified atom stereocenters. The number of nitrogens with zero attached hydrogens (tertiary/aromatic N) is 4. The van der Waals surface area contributed by atoms with E-state index in [2.05, 4.69) is 15.1 Å². The van der Waals surface area contributed by atoms with Crippen LogP contribution in [0.3, 0.4) is 0 Å². The van der Waals surface area contributed by atoms with Gasteiger partial charge in [-0.15, -0.1) is 0 Å². The predicted octanol–water partition coefficient (Wildman–Crippen LogP) is 2.75. The Labute approximate surface area is 151 Å². The van der Waals surface area contributed by atoms with E-state index >= 15 is 0 Å². The molecule has 4 rings (SSSR count). The number of benzene rings is 1.